The summed E-state index contributed by atoms with van der Waals surface area (Å²) in [6.45, 7) is 5.85. The van der Waals surface area contributed by atoms with E-state index in [0.717, 1.165) is 64.0 Å². The van der Waals surface area contributed by atoms with Crippen LogP contribution in [0.4, 0.5) is 0 Å². The van der Waals surface area contributed by atoms with Gasteiger partial charge in [0.2, 0.25) is 0 Å². The van der Waals surface area contributed by atoms with Crippen molar-refractivity contribution in [2.75, 3.05) is 26.2 Å². The van der Waals surface area contributed by atoms with E-state index < -0.39 is 0 Å². The summed E-state index contributed by atoms with van der Waals surface area (Å²) in [6, 6.07) is 1.80. The first-order valence-corrected chi connectivity index (χ1v) is 11.3. The van der Waals surface area contributed by atoms with Crippen molar-refractivity contribution in [2.24, 2.45) is 0 Å². The third kappa shape index (κ3) is 4.42. The smallest absolute Gasteiger partial charge is 0.274 e. The highest BCUT2D eigenvalue weighted by atomic mass is 16.2. The molecule has 1 atom stereocenters. The van der Waals surface area contributed by atoms with Crippen molar-refractivity contribution >= 4 is 11.8 Å². The lowest BCUT2D eigenvalue weighted by Crippen LogP contribution is -2.40. The van der Waals surface area contributed by atoms with Crippen molar-refractivity contribution in [1.82, 2.24) is 29.8 Å². The first-order valence-electron chi connectivity index (χ1n) is 11.3. The summed E-state index contributed by atoms with van der Waals surface area (Å²) < 4.78 is 1.82. The van der Waals surface area contributed by atoms with Gasteiger partial charge in [0.05, 0.1) is 17.5 Å². The lowest BCUT2D eigenvalue weighted by molar-refractivity contribution is 0.0698. The van der Waals surface area contributed by atoms with Crippen LogP contribution in [0, 0.1) is 0 Å². The first-order chi connectivity index (χ1) is 14.7. The molecule has 2 saturated heterocycles. The largest absolute Gasteiger partial charge is 0.339 e. The quantitative estimate of drug-likeness (QED) is 0.818. The minimum atomic E-state index is -0.0329. The summed E-state index contributed by atoms with van der Waals surface area (Å²) in [5, 5.41) is 11.7. The first kappa shape index (κ1) is 20.6. The molecular formula is C22H32N6O2. The molecule has 2 aliphatic heterocycles. The van der Waals surface area contributed by atoms with Gasteiger partial charge in [-0.25, -0.2) is 0 Å². The SMILES string of the molecule is CCCn1ccc(C(=O)N2CCC[C@H](c3[nH]ncc3C(=O)N3CCCCCC3)C2)n1. The highest BCUT2D eigenvalue weighted by Gasteiger charge is 2.31. The van der Waals surface area contributed by atoms with Crippen LogP contribution in [-0.4, -0.2) is 67.8 Å². The molecular weight excluding hydrogens is 380 g/mol. The van der Waals surface area contributed by atoms with Gasteiger partial charge in [-0.2, -0.15) is 10.2 Å². The number of carbonyl (C=O) groups excluding carboxylic acids is 2. The number of H-pyrrole nitrogens is 1. The second-order valence-corrected chi connectivity index (χ2v) is 8.46. The number of aromatic amines is 1. The minimum absolute atomic E-state index is 0.0329. The van der Waals surface area contributed by atoms with E-state index in [-0.39, 0.29) is 17.7 Å². The zero-order valence-corrected chi connectivity index (χ0v) is 17.8. The molecule has 0 aromatic carbocycles. The Kier molecular flexibility index (Phi) is 6.50. The Balaban J connectivity index is 1.46. The molecule has 162 valence electrons. The maximum absolute atomic E-state index is 13.2. The van der Waals surface area contributed by atoms with E-state index >= 15 is 0 Å². The molecule has 0 bridgehead atoms. The predicted molar refractivity (Wildman–Crippen MR) is 113 cm³/mol. The fourth-order valence-corrected chi connectivity index (χ4v) is 4.61. The van der Waals surface area contributed by atoms with E-state index in [2.05, 4.69) is 22.2 Å². The number of hydrogen-bond acceptors (Lipinski definition) is 4. The maximum atomic E-state index is 13.2. The van der Waals surface area contributed by atoms with Crippen LogP contribution in [0.1, 0.15) is 84.3 Å². The Labute approximate surface area is 177 Å². The van der Waals surface area contributed by atoms with Crippen molar-refractivity contribution in [1.29, 1.82) is 0 Å². The minimum Gasteiger partial charge on any atom is -0.339 e. The molecule has 2 aromatic heterocycles. The number of aryl methyl sites for hydroxylation is 1. The number of amides is 2. The second kappa shape index (κ2) is 9.45. The number of nitrogens with one attached hydrogen (secondary N) is 1. The molecule has 4 rings (SSSR count). The van der Waals surface area contributed by atoms with E-state index in [4.69, 9.17) is 0 Å². The molecule has 2 aromatic rings. The monoisotopic (exact) mass is 412 g/mol. The molecule has 4 heterocycles. The zero-order valence-electron chi connectivity index (χ0n) is 17.8. The van der Waals surface area contributed by atoms with Crippen LogP contribution in [0.15, 0.2) is 18.5 Å². The Morgan fingerprint density at radius 3 is 2.60 bits per heavy atom. The molecule has 0 saturated carbocycles. The van der Waals surface area contributed by atoms with Crippen LogP contribution in [0.3, 0.4) is 0 Å². The van der Waals surface area contributed by atoms with Crippen molar-refractivity contribution in [2.45, 2.75) is 64.3 Å². The normalized spacial score (nSPS) is 20.2. The summed E-state index contributed by atoms with van der Waals surface area (Å²) in [6.07, 6.45) is 10.9. The lowest BCUT2D eigenvalue weighted by atomic mass is 9.92. The summed E-state index contributed by atoms with van der Waals surface area (Å²) in [4.78, 5) is 30.0. The van der Waals surface area contributed by atoms with Gasteiger partial charge in [-0.15, -0.1) is 0 Å². The summed E-state index contributed by atoms with van der Waals surface area (Å²) in [5.41, 5.74) is 2.04. The third-order valence-corrected chi connectivity index (χ3v) is 6.22. The summed E-state index contributed by atoms with van der Waals surface area (Å²) >= 11 is 0. The van der Waals surface area contributed by atoms with Gasteiger partial charge in [0, 0.05) is 44.8 Å². The van der Waals surface area contributed by atoms with Gasteiger partial charge in [-0.05, 0) is 38.2 Å². The number of rotatable bonds is 5. The molecule has 8 heteroatoms. The number of carbonyl (C=O) groups is 2. The van der Waals surface area contributed by atoms with E-state index in [1.807, 2.05) is 20.7 Å². The van der Waals surface area contributed by atoms with E-state index in [1.165, 1.54) is 12.8 Å². The Morgan fingerprint density at radius 1 is 1.07 bits per heavy atom. The number of nitrogens with zero attached hydrogens (tertiary/aromatic N) is 5. The second-order valence-electron chi connectivity index (χ2n) is 8.46. The van der Waals surface area contributed by atoms with E-state index in [0.29, 0.717) is 17.8 Å². The molecule has 2 aliphatic rings. The van der Waals surface area contributed by atoms with Crippen molar-refractivity contribution in [3.63, 3.8) is 0 Å². The fourth-order valence-electron chi connectivity index (χ4n) is 4.61. The fraction of sp³-hybridized carbons (Fsp3) is 0.636. The van der Waals surface area contributed by atoms with Gasteiger partial charge in [-0.1, -0.05) is 19.8 Å². The average Bonchev–Trinajstić information content (AvgIpc) is 3.36. The van der Waals surface area contributed by atoms with Gasteiger partial charge >= 0.3 is 0 Å². The van der Waals surface area contributed by atoms with E-state index in [9.17, 15) is 9.59 Å². The van der Waals surface area contributed by atoms with Crippen molar-refractivity contribution < 1.29 is 9.59 Å². The third-order valence-electron chi connectivity index (χ3n) is 6.22. The number of piperidine rings is 1. The molecule has 2 amide bonds. The number of aromatic nitrogens is 4. The van der Waals surface area contributed by atoms with Gasteiger partial charge in [0.1, 0.15) is 5.69 Å². The number of likely N-dealkylation sites (tertiary alicyclic amines) is 2. The molecule has 30 heavy (non-hydrogen) atoms. The van der Waals surface area contributed by atoms with Crippen LogP contribution < -0.4 is 0 Å². The van der Waals surface area contributed by atoms with Gasteiger partial charge in [-0.3, -0.25) is 19.4 Å². The molecule has 1 N–H and O–H groups in total. The van der Waals surface area contributed by atoms with Crippen LogP contribution in [0.25, 0.3) is 0 Å². The lowest BCUT2D eigenvalue weighted by Gasteiger charge is -2.32. The molecule has 0 spiro atoms. The van der Waals surface area contributed by atoms with Crippen LogP contribution in [-0.2, 0) is 6.54 Å². The zero-order chi connectivity index (χ0) is 20.9. The summed E-state index contributed by atoms with van der Waals surface area (Å²) in [5.74, 6) is 0.130. The highest BCUT2D eigenvalue weighted by molar-refractivity contribution is 5.95. The Hall–Kier alpha value is -2.64. The van der Waals surface area contributed by atoms with Gasteiger partial charge in [0.25, 0.3) is 11.8 Å². The molecule has 0 aliphatic carbocycles. The predicted octanol–water partition coefficient (Wildman–Crippen LogP) is 3.05. The summed E-state index contributed by atoms with van der Waals surface area (Å²) in [7, 11) is 0. The topological polar surface area (TPSA) is 87.1 Å². The average molecular weight is 413 g/mol. The molecule has 2 fully saturated rings. The van der Waals surface area contributed by atoms with Crippen molar-refractivity contribution in [3.8, 4) is 0 Å². The van der Waals surface area contributed by atoms with Crippen LogP contribution in [0.5, 0.6) is 0 Å². The van der Waals surface area contributed by atoms with Gasteiger partial charge < -0.3 is 9.80 Å². The molecule has 0 unspecified atom stereocenters. The van der Waals surface area contributed by atoms with Crippen LogP contribution >= 0.6 is 0 Å². The van der Waals surface area contributed by atoms with E-state index in [1.54, 1.807) is 12.3 Å². The van der Waals surface area contributed by atoms with Crippen molar-refractivity contribution in [3.05, 3.63) is 35.4 Å². The Morgan fingerprint density at radius 2 is 1.83 bits per heavy atom. The number of hydrogen-bond donors (Lipinski definition) is 1. The van der Waals surface area contributed by atoms with Crippen LogP contribution in [0.2, 0.25) is 0 Å². The highest BCUT2D eigenvalue weighted by Crippen LogP contribution is 2.29. The standard InChI is InChI=1S/C22H32N6O2/c1-2-10-28-14-9-19(25-28)22(30)27-13-7-8-17(16-27)20-18(15-23-24-20)21(29)26-11-5-3-4-6-12-26/h9,14-15,17H,2-8,10-13,16H2,1H3,(H,23,24)/t17-/m0/s1. The van der Waals surface area contributed by atoms with Gasteiger partial charge in [0.15, 0.2) is 0 Å². The molecule has 8 nitrogen and oxygen atoms in total. The molecule has 0 radical (unpaired) electrons. The maximum Gasteiger partial charge on any atom is 0.274 e. The Bertz CT molecular complexity index is 865.